The van der Waals surface area contributed by atoms with E-state index in [0.717, 1.165) is 16.6 Å². The van der Waals surface area contributed by atoms with Crippen LogP contribution in [0.1, 0.15) is 68.2 Å². The molecule has 0 amide bonds. The van der Waals surface area contributed by atoms with Gasteiger partial charge >= 0.3 is 0 Å². The smallest absolute Gasteiger partial charge is 0.0612 e. The Labute approximate surface area is 144 Å². The number of rotatable bonds is 12. The van der Waals surface area contributed by atoms with E-state index in [1.165, 1.54) is 43.6 Å². The van der Waals surface area contributed by atoms with Crippen molar-refractivity contribution in [1.29, 1.82) is 0 Å². The van der Waals surface area contributed by atoms with Gasteiger partial charge in [0.1, 0.15) is 0 Å². The van der Waals surface area contributed by atoms with E-state index in [0.29, 0.717) is 0 Å². The van der Waals surface area contributed by atoms with Gasteiger partial charge in [-0.25, -0.2) is 0 Å². The molecule has 0 rings (SSSR count). The Morgan fingerprint density at radius 3 is 1.91 bits per heavy atom. The zero-order valence-corrected chi connectivity index (χ0v) is 19.2. The molecule has 0 aromatic rings. The second-order valence-corrected chi connectivity index (χ2v) is 16.1. The molecular formula is C19H43NSi2. The Bertz CT molecular complexity index is 283. The minimum Gasteiger partial charge on any atom is -0.317 e. The van der Waals surface area contributed by atoms with Crippen molar-refractivity contribution < 1.29 is 0 Å². The van der Waals surface area contributed by atoms with Crippen molar-refractivity contribution in [2.45, 2.75) is 96.9 Å². The second kappa shape index (κ2) is 11.6. The summed E-state index contributed by atoms with van der Waals surface area (Å²) in [5, 5.41) is 3.65. The van der Waals surface area contributed by atoms with Gasteiger partial charge in [-0.1, -0.05) is 76.2 Å². The highest BCUT2D eigenvalue weighted by atomic mass is 28.3. The topological polar surface area (TPSA) is 12.0 Å². The fraction of sp³-hybridized carbons (Fsp3) is 0.895. The van der Waals surface area contributed by atoms with Crippen LogP contribution in [-0.2, 0) is 0 Å². The highest BCUT2D eigenvalue weighted by molar-refractivity contribution is 6.83. The van der Waals surface area contributed by atoms with E-state index in [-0.39, 0.29) is 9.52 Å². The standard InChI is InChI=1S/C19H43NSi2/c1-16(2)15-21-13-12-20-11-9-10-14-22(17(3)4,18(5)6)19(7)8/h15,17-20H,9-14,21H2,1-8H3. The molecule has 0 heterocycles. The summed E-state index contributed by atoms with van der Waals surface area (Å²) < 4.78 is 0. The zero-order chi connectivity index (χ0) is 17.2. The van der Waals surface area contributed by atoms with E-state index in [1.54, 1.807) is 0 Å². The molecule has 0 aliphatic carbocycles. The molecule has 132 valence electrons. The van der Waals surface area contributed by atoms with E-state index in [2.05, 4.69) is 66.4 Å². The van der Waals surface area contributed by atoms with Gasteiger partial charge in [-0.2, -0.15) is 0 Å². The first-order chi connectivity index (χ1) is 10.2. The van der Waals surface area contributed by atoms with Crippen LogP contribution in [0.4, 0.5) is 0 Å². The van der Waals surface area contributed by atoms with Crippen molar-refractivity contribution in [3.63, 3.8) is 0 Å². The maximum atomic E-state index is 3.65. The fourth-order valence-electron chi connectivity index (χ4n) is 4.29. The second-order valence-electron chi connectivity index (χ2n) is 8.21. The van der Waals surface area contributed by atoms with E-state index >= 15 is 0 Å². The van der Waals surface area contributed by atoms with Crippen LogP contribution >= 0.6 is 0 Å². The molecule has 0 aliphatic heterocycles. The summed E-state index contributed by atoms with van der Waals surface area (Å²) in [7, 11) is -1.10. The number of unbranched alkanes of at least 4 members (excludes halogenated alkanes) is 1. The van der Waals surface area contributed by atoms with Gasteiger partial charge in [-0.05, 0) is 39.4 Å². The minimum atomic E-state index is -1.15. The molecule has 0 aromatic carbocycles. The van der Waals surface area contributed by atoms with Gasteiger partial charge in [0.2, 0.25) is 0 Å². The molecule has 0 saturated carbocycles. The quantitative estimate of drug-likeness (QED) is 0.363. The molecule has 0 bridgehead atoms. The normalized spacial score (nSPS) is 13.0. The van der Waals surface area contributed by atoms with Gasteiger partial charge in [0.15, 0.2) is 0 Å². The molecule has 0 fully saturated rings. The Balaban J connectivity index is 3.98. The van der Waals surface area contributed by atoms with Crippen molar-refractivity contribution in [3.8, 4) is 0 Å². The first-order valence-corrected chi connectivity index (χ1v) is 13.8. The van der Waals surface area contributed by atoms with Crippen LogP contribution in [0.25, 0.3) is 0 Å². The third kappa shape index (κ3) is 7.60. The van der Waals surface area contributed by atoms with E-state index < -0.39 is 8.07 Å². The van der Waals surface area contributed by atoms with Gasteiger partial charge in [-0.3, -0.25) is 0 Å². The van der Waals surface area contributed by atoms with E-state index in [9.17, 15) is 0 Å². The summed E-state index contributed by atoms with van der Waals surface area (Å²) in [5.41, 5.74) is 6.72. The first-order valence-electron chi connectivity index (χ1n) is 9.59. The Morgan fingerprint density at radius 1 is 0.909 bits per heavy atom. The lowest BCUT2D eigenvalue weighted by atomic mass is 10.3. The van der Waals surface area contributed by atoms with Gasteiger partial charge in [0, 0.05) is 9.52 Å². The molecule has 0 aromatic heterocycles. The van der Waals surface area contributed by atoms with Gasteiger partial charge < -0.3 is 5.32 Å². The zero-order valence-electron chi connectivity index (χ0n) is 16.8. The van der Waals surface area contributed by atoms with Crippen LogP contribution in [0.2, 0.25) is 28.7 Å². The molecule has 22 heavy (non-hydrogen) atoms. The summed E-state index contributed by atoms with van der Waals surface area (Å²) in [6, 6.07) is 2.93. The predicted octanol–water partition coefficient (Wildman–Crippen LogP) is 5.55. The first kappa shape index (κ1) is 22.1. The van der Waals surface area contributed by atoms with Gasteiger partial charge in [0.05, 0.1) is 8.07 Å². The van der Waals surface area contributed by atoms with Crippen LogP contribution in [-0.4, -0.2) is 30.7 Å². The van der Waals surface area contributed by atoms with Crippen molar-refractivity contribution in [1.82, 2.24) is 5.32 Å². The average Bonchev–Trinajstić information content (AvgIpc) is 2.39. The molecule has 0 unspecified atom stereocenters. The third-order valence-electron chi connectivity index (χ3n) is 5.55. The Morgan fingerprint density at radius 2 is 1.45 bits per heavy atom. The summed E-state index contributed by atoms with van der Waals surface area (Å²) in [6.07, 6.45) is 2.80. The molecule has 0 aliphatic rings. The molecule has 0 spiro atoms. The van der Waals surface area contributed by atoms with Crippen molar-refractivity contribution in [3.05, 3.63) is 11.3 Å². The van der Waals surface area contributed by atoms with Crippen molar-refractivity contribution >= 4 is 17.6 Å². The molecule has 0 atom stereocenters. The van der Waals surface area contributed by atoms with Gasteiger partial charge in [-0.15, -0.1) is 5.70 Å². The number of hydrogen-bond donors (Lipinski definition) is 1. The lowest BCUT2D eigenvalue weighted by Crippen LogP contribution is -2.44. The van der Waals surface area contributed by atoms with Crippen LogP contribution < -0.4 is 5.32 Å². The maximum absolute atomic E-state index is 3.65. The highest BCUT2D eigenvalue weighted by Gasteiger charge is 2.41. The van der Waals surface area contributed by atoms with Crippen LogP contribution in [0.5, 0.6) is 0 Å². The van der Waals surface area contributed by atoms with Crippen LogP contribution in [0, 0.1) is 0 Å². The molecular weight excluding hydrogens is 298 g/mol. The van der Waals surface area contributed by atoms with E-state index in [1.807, 2.05) is 0 Å². The average molecular weight is 342 g/mol. The Hall–Kier alpha value is 0.134. The highest BCUT2D eigenvalue weighted by Crippen LogP contribution is 2.45. The molecule has 1 nitrogen and oxygen atoms in total. The third-order valence-corrected chi connectivity index (χ3v) is 15.1. The van der Waals surface area contributed by atoms with Crippen molar-refractivity contribution in [2.24, 2.45) is 0 Å². The van der Waals surface area contributed by atoms with Crippen LogP contribution in [0.15, 0.2) is 11.3 Å². The molecule has 3 heteroatoms. The van der Waals surface area contributed by atoms with Crippen LogP contribution in [0.3, 0.4) is 0 Å². The number of hydrogen-bond acceptors (Lipinski definition) is 1. The lowest BCUT2D eigenvalue weighted by Gasteiger charge is -2.43. The molecule has 0 radical (unpaired) electrons. The largest absolute Gasteiger partial charge is 0.317 e. The fourth-order valence-corrected chi connectivity index (χ4v) is 12.1. The predicted molar refractivity (Wildman–Crippen MR) is 111 cm³/mol. The lowest BCUT2D eigenvalue weighted by molar-refractivity contribution is 0.649. The monoisotopic (exact) mass is 341 g/mol. The summed E-state index contributed by atoms with van der Waals surface area (Å²) in [6.45, 7) is 21.8. The summed E-state index contributed by atoms with van der Waals surface area (Å²) in [5.74, 6) is 0. The van der Waals surface area contributed by atoms with Gasteiger partial charge in [0.25, 0.3) is 0 Å². The summed E-state index contributed by atoms with van der Waals surface area (Å²) in [4.78, 5) is 0. The summed E-state index contributed by atoms with van der Waals surface area (Å²) >= 11 is 0. The molecule has 0 saturated heterocycles. The number of allylic oxidation sites excluding steroid dienone is 1. The minimum absolute atomic E-state index is 0.0519. The number of nitrogens with one attached hydrogen (secondary N) is 1. The van der Waals surface area contributed by atoms with E-state index in [4.69, 9.17) is 0 Å². The Kier molecular flexibility index (Phi) is 11.7. The molecule has 1 N–H and O–H groups in total. The van der Waals surface area contributed by atoms with Crippen molar-refractivity contribution in [2.75, 3.05) is 13.1 Å². The maximum Gasteiger partial charge on any atom is 0.0612 e. The SMILES string of the molecule is CC(C)=C[SiH2]CCNCCCC[Si](C(C)C)(C(C)C)C(C)C.